The minimum Gasteiger partial charge on any atom is -0.450 e. The van der Waals surface area contributed by atoms with Gasteiger partial charge >= 0.3 is 6.09 Å². The second kappa shape index (κ2) is 6.22. The van der Waals surface area contributed by atoms with Crippen LogP contribution in [0.4, 0.5) is 10.5 Å². The summed E-state index contributed by atoms with van der Waals surface area (Å²) < 4.78 is 4.83. The van der Waals surface area contributed by atoms with Gasteiger partial charge in [-0.1, -0.05) is 12.1 Å². The summed E-state index contributed by atoms with van der Waals surface area (Å²) in [6.07, 6.45) is 1.54. The molecule has 1 heterocycles. The number of anilines is 1. The number of nitrogens with one attached hydrogen (secondary N) is 1. The lowest BCUT2D eigenvalue weighted by Gasteiger charge is -2.17. The van der Waals surface area contributed by atoms with E-state index in [1.165, 1.54) is 0 Å². The molecule has 1 aromatic carbocycles. The Morgan fingerprint density at radius 1 is 1.26 bits per heavy atom. The van der Waals surface area contributed by atoms with Gasteiger partial charge < -0.3 is 9.64 Å². The molecule has 0 bridgehead atoms. The van der Waals surface area contributed by atoms with Gasteiger partial charge in [-0.2, -0.15) is 0 Å². The van der Waals surface area contributed by atoms with Crippen LogP contribution in [-0.2, 0) is 4.74 Å². The topological polar surface area (TPSA) is 58.6 Å². The van der Waals surface area contributed by atoms with Crippen molar-refractivity contribution in [2.45, 2.75) is 19.8 Å². The molecule has 1 aromatic rings. The average molecular weight is 262 g/mol. The molecule has 0 aromatic heterocycles. The number of carbonyl (C=O) groups excluding carboxylic acids is 2. The molecule has 0 saturated carbocycles. The molecule has 19 heavy (non-hydrogen) atoms. The van der Waals surface area contributed by atoms with E-state index in [2.05, 4.69) is 5.32 Å². The molecular weight excluding hydrogens is 244 g/mol. The number of rotatable bonds is 3. The van der Waals surface area contributed by atoms with Crippen LogP contribution >= 0.6 is 0 Å². The first-order valence-corrected chi connectivity index (χ1v) is 6.54. The molecule has 5 heteroatoms. The van der Waals surface area contributed by atoms with Gasteiger partial charge in [0.1, 0.15) is 0 Å². The van der Waals surface area contributed by atoms with Gasteiger partial charge in [-0.25, -0.2) is 4.79 Å². The molecule has 1 saturated heterocycles. The SMILES string of the molecule is CCOC(=O)Nc1ccccc1C(=O)N1CCCC1. The highest BCUT2D eigenvalue weighted by Crippen LogP contribution is 2.20. The summed E-state index contributed by atoms with van der Waals surface area (Å²) in [5.74, 6) is -0.0371. The van der Waals surface area contributed by atoms with Crippen LogP contribution < -0.4 is 5.32 Å². The Morgan fingerprint density at radius 3 is 2.63 bits per heavy atom. The fourth-order valence-electron chi connectivity index (χ4n) is 2.15. The van der Waals surface area contributed by atoms with E-state index in [4.69, 9.17) is 4.74 Å². The first-order valence-electron chi connectivity index (χ1n) is 6.54. The van der Waals surface area contributed by atoms with Gasteiger partial charge in [0.05, 0.1) is 17.9 Å². The normalized spacial score (nSPS) is 14.3. The van der Waals surface area contributed by atoms with Crippen molar-refractivity contribution in [3.05, 3.63) is 29.8 Å². The van der Waals surface area contributed by atoms with Crippen molar-refractivity contribution < 1.29 is 14.3 Å². The number of benzene rings is 1. The summed E-state index contributed by atoms with van der Waals surface area (Å²) in [6, 6.07) is 7.00. The van der Waals surface area contributed by atoms with E-state index < -0.39 is 6.09 Å². The maximum Gasteiger partial charge on any atom is 0.411 e. The third-order valence-corrected chi connectivity index (χ3v) is 3.06. The van der Waals surface area contributed by atoms with Crippen molar-refractivity contribution in [3.63, 3.8) is 0 Å². The zero-order chi connectivity index (χ0) is 13.7. The largest absolute Gasteiger partial charge is 0.450 e. The maximum absolute atomic E-state index is 12.3. The highest BCUT2D eigenvalue weighted by molar-refractivity contribution is 6.02. The highest BCUT2D eigenvalue weighted by atomic mass is 16.5. The van der Waals surface area contributed by atoms with E-state index >= 15 is 0 Å². The lowest BCUT2D eigenvalue weighted by Crippen LogP contribution is -2.28. The van der Waals surface area contributed by atoms with Crippen molar-refractivity contribution in [3.8, 4) is 0 Å². The zero-order valence-corrected chi connectivity index (χ0v) is 11.0. The molecule has 0 spiro atoms. The Balaban J connectivity index is 2.15. The molecule has 0 atom stereocenters. The predicted molar refractivity (Wildman–Crippen MR) is 72.2 cm³/mol. The fourth-order valence-corrected chi connectivity index (χ4v) is 2.15. The lowest BCUT2D eigenvalue weighted by atomic mass is 10.1. The smallest absolute Gasteiger partial charge is 0.411 e. The summed E-state index contributed by atoms with van der Waals surface area (Å²) in [4.78, 5) is 25.6. The fraction of sp³-hybridized carbons (Fsp3) is 0.429. The Morgan fingerprint density at radius 2 is 1.95 bits per heavy atom. The third-order valence-electron chi connectivity index (χ3n) is 3.06. The molecule has 0 radical (unpaired) electrons. The van der Waals surface area contributed by atoms with Gasteiger partial charge in [-0.3, -0.25) is 10.1 Å². The first kappa shape index (κ1) is 13.4. The number of likely N-dealkylation sites (tertiary alicyclic amines) is 1. The van der Waals surface area contributed by atoms with Crippen molar-refractivity contribution in [1.29, 1.82) is 0 Å². The van der Waals surface area contributed by atoms with Gasteiger partial charge in [-0.15, -0.1) is 0 Å². The van der Waals surface area contributed by atoms with Gasteiger partial charge in [0, 0.05) is 13.1 Å². The van der Waals surface area contributed by atoms with E-state index in [9.17, 15) is 9.59 Å². The Labute approximate surface area is 112 Å². The molecule has 2 rings (SSSR count). The monoisotopic (exact) mass is 262 g/mol. The minimum absolute atomic E-state index is 0.0371. The molecule has 1 N–H and O–H groups in total. The standard InChI is InChI=1S/C14H18N2O3/c1-2-19-14(18)15-12-8-4-3-7-11(12)13(17)16-9-5-6-10-16/h3-4,7-8H,2,5-6,9-10H2,1H3,(H,15,18). The third kappa shape index (κ3) is 3.24. The van der Waals surface area contributed by atoms with Crippen molar-refractivity contribution in [1.82, 2.24) is 4.90 Å². The number of carbonyl (C=O) groups is 2. The first-order chi connectivity index (χ1) is 9.22. The molecule has 1 aliphatic rings. The summed E-state index contributed by atoms with van der Waals surface area (Å²) in [5, 5.41) is 2.61. The van der Waals surface area contributed by atoms with Crippen LogP contribution in [0.15, 0.2) is 24.3 Å². The van der Waals surface area contributed by atoms with Crippen molar-refractivity contribution >= 4 is 17.7 Å². The molecule has 1 fully saturated rings. The van der Waals surface area contributed by atoms with E-state index in [0.29, 0.717) is 17.9 Å². The Bertz CT molecular complexity index is 468. The quantitative estimate of drug-likeness (QED) is 0.910. The number of para-hydroxylation sites is 1. The molecule has 2 amide bonds. The van der Waals surface area contributed by atoms with Crippen LogP contribution in [-0.4, -0.2) is 36.6 Å². The lowest BCUT2D eigenvalue weighted by molar-refractivity contribution is 0.0794. The summed E-state index contributed by atoms with van der Waals surface area (Å²) in [5.41, 5.74) is 1.01. The second-order valence-electron chi connectivity index (χ2n) is 4.39. The molecule has 0 unspecified atom stereocenters. The summed E-state index contributed by atoms with van der Waals surface area (Å²) in [6.45, 7) is 3.61. The van der Waals surface area contributed by atoms with Crippen LogP contribution in [0.3, 0.4) is 0 Å². The van der Waals surface area contributed by atoms with E-state index in [1.807, 2.05) is 4.90 Å². The van der Waals surface area contributed by atoms with Crippen LogP contribution in [0.2, 0.25) is 0 Å². The molecule has 1 aliphatic heterocycles. The van der Waals surface area contributed by atoms with Crippen LogP contribution in [0, 0.1) is 0 Å². The maximum atomic E-state index is 12.3. The summed E-state index contributed by atoms with van der Waals surface area (Å²) >= 11 is 0. The van der Waals surface area contributed by atoms with Crippen LogP contribution in [0.5, 0.6) is 0 Å². The molecule has 5 nitrogen and oxygen atoms in total. The van der Waals surface area contributed by atoms with Gasteiger partial charge in [0.2, 0.25) is 0 Å². The molecule has 0 aliphatic carbocycles. The van der Waals surface area contributed by atoms with Crippen molar-refractivity contribution in [2.24, 2.45) is 0 Å². The number of nitrogens with zero attached hydrogens (tertiary/aromatic N) is 1. The van der Waals surface area contributed by atoms with E-state index in [1.54, 1.807) is 31.2 Å². The van der Waals surface area contributed by atoms with E-state index in [-0.39, 0.29) is 5.91 Å². The summed E-state index contributed by atoms with van der Waals surface area (Å²) in [7, 11) is 0. The molecule has 102 valence electrons. The number of ether oxygens (including phenoxy) is 1. The Hall–Kier alpha value is -2.04. The average Bonchev–Trinajstić information content (AvgIpc) is 2.93. The Kier molecular flexibility index (Phi) is 4.39. The van der Waals surface area contributed by atoms with Crippen LogP contribution in [0.25, 0.3) is 0 Å². The molecular formula is C14H18N2O3. The van der Waals surface area contributed by atoms with Crippen LogP contribution in [0.1, 0.15) is 30.1 Å². The number of amides is 2. The minimum atomic E-state index is -0.538. The second-order valence-corrected chi connectivity index (χ2v) is 4.39. The van der Waals surface area contributed by atoms with Crippen molar-refractivity contribution in [2.75, 3.05) is 25.0 Å². The number of hydrogen-bond acceptors (Lipinski definition) is 3. The van der Waals surface area contributed by atoms with E-state index in [0.717, 1.165) is 25.9 Å². The van der Waals surface area contributed by atoms with Gasteiger partial charge in [0.15, 0.2) is 0 Å². The van der Waals surface area contributed by atoms with Gasteiger partial charge in [0.25, 0.3) is 5.91 Å². The predicted octanol–water partition coefficient (Wildman–Crippen LogP) is 2.49. The van der Waals surface area contributed by atoms with Gasteiger partial charge in [-0.05, 0) is 31.9 Å². The number of hydrogen-bond donors (Lipinski definition) is 1. The highest BCUT2D eigenvalue weighted by Gasteiger charge is 2.22. The zero-order valence-electron chi connectivity index (χ0n) is 11.0.